The molecule has 4 nitrogen and oxygen atoms in total. The highest BCUT2D eigenvalue weighted by Gasteiger charge is 2.19. The van der Waals surface area contributed by atoms with Gasteiger partial charge >= 0.3 is 0 Å². The number of anilines is 1. The molecule has 0 atom stereocenters. The molecule has 1 aromatic heterocycles. The zero-order valence-electron chi connectivity index (χ0n) is 8.52. The zero-order valence-corrected chi connectivity index (χ0v) is 11.7. The molecule has 2 rings (SSSR count). The number of sulfonamides is 1. The van der Waals surface area contributed by atoms with Crippen LogP contribution in [0.15, 0.2) is 28.6 Å². The molecule has 1 aromatic carbocycles. The average molecular weight is 327 g/mol. The zero-order chi connectivity index (χ0) is 13.3. The van der Waals surface area contributed by atoms with Gasteiger partial charge < -0.3 is 0 Å². The third kappa shape index (κ3) is 2.92. The number of nitrogens with one attached hydrogen (secondary N) is 1. The van der Waals surface area contributed by atoms with Crippen LogP contribution in [0.1, 0.15) is 0 Å². The highest BCUT2D eigenvalue weighted by Crippen LogP contribution is 2.26. The molecule has 0 saturated carbocycles. The van der Waals surface area contributed by atoms with Crippen molar-refractivity contribution in [2.45, 2.75) is 4.21 Å². The van der Waals surface area contributed by atoms with Gasteiger partial charge in [0, 0.05) is 5.02 Å². The first-order valence-electron chi connectivity index (χ1n) is 4.48. The first-order valence-corrected chi connectivity index (χ1v) is 7.53. The standard InChI is InChI=1S/C9H5Cl2FN2O2S2/c10-5-1-2-7(6(12)3-5)14-18(15,16)8-4-13-9(11)17-8/h1-4,14H. The van der Waals surface area contributed by atoms with Gasteiger partial charge in [0.15, 0.2) is 8.68 Å². The number of halogens is 3. The summed E-state index contributed by atoms with van der Waals surface area (Å²) < 4.78 is 39.2. The summed E-state index contributed by atoms with van der Waals surface area (Å²) in [4.78, 5) is 3.61. The van der Waals surface area contributed by atoms with Crippen molar-refractivity contribution in [3.63, 3.8) is 0 Å². The van der Waals surface area contributed by atoms with Gasteiger partial charge in [-0.25, -0.2) is 17.8 Å². The van der Waals surface area contributed by atoms with Crippen LogP contribution in [-0.2, 0) is 10.0 Å². The lowest BCUT2D eigenvalue weighted by Crippen LogP contribution is -2.12. The highest BCUT2D eigenvalue weighted by molar-refractivity contribution is 7.94. The van der Waals surface area contributed by atoms with Gasteiger partial charge in [-0.1, -0.05) is 34.5 Å². The second-order valence-electron chi connectivity index (χ2n) is 3.16. The maximum absolute atomic E-state index is 13.5. The van der Waals surface area contributed by atoms with E-state index in [2.05, 4.69) is 9.71 Å². The topological polar surface area (TPSA) is 59.1 Å². The van der Waals surface area contributed by atoms with E-state index in [0.29, 0.717) is 0 Å². The van der Waals surface area contributed by atoms with Gasteiger partial charge in [0.25, 0.3) is 10.0 Å². The number of rotatable bonds is 3. The Morgan fingerprint density at radius 3 is 2.61 bits per heavy atom. The van der Waals surface area contributed by atoms with Crippen molar-refractivity contribution in [2.24, 2.45) is 0 Å². The van der Waals surface area contributed by atoms with Crippen LogP contribution in [0, 0.1) is 5.82 Å². The third-order valence-corrected chi connectivity index (χ3v) is 5.07. The van der Waals surface area contributed by atoms with Gasteiger partial charge in [-0.15, -0.1) is 0 Å². The van der Waals surface area contributed by atoms with Crippen molar-refractivity contribution in [1.82, 2.24) is 4.98 Å². The quantitative estimate of drug-likeness (QED) is 0.940. The third-order valence-electron chi connectivity index (χ3n) is 1.90. The monoisotopic (exact) mass is 326 g/mol. The molecule has 0 amide bonds. The Hall–Kier alpha value is -0.890. The first-order chi connectivity index (χ1) is 8.38. The Labute approximate surface area is 116 Å². The summed E-state index contributed by atoms with van der Waals surface area (Å²) in [5.41, 5.74) is -0.191. The predicted octanol–water partition coefficient (Wildman–Crippen LogP) is 3.39. The fourth-order valence-corrected chi connectivity index (χ4v) is 3.65. The normalized spacial score (nSPS) is 11.5. The summed E-state index contributed by atoms with van der Waals surface area (Å²) in [5, 5.41) is 0.177. The molecule has 0 aliphatic heterocycles. The van der Waals surface area contributed by atoms with Crippen molar-refractivity contribution >= 4 is 50.2 Å². The SMILES string of the molecule is O=S(=O)(Nc1ccc(Cl)cc1F)c1cnc(Cl)s1. The molecule has 1 N–H and O–H groups in total. The fraction of sp³-hybridized carbons (Fsp3) is 0. The molecular weight excluding hydrogens is 322 g/mol. The lowest BCUT2D eigenvalue weighted by Gasteiger charge is -2.06. The lowest BCUT2D eigenvalue weighted by molar-refractivity contribution is 0.600. The highest BCUT2D eigenvalue weighted by atomic mass is 35.5. The molecule has 0 radical (unpaired) electrons. The molecule has 0 aliphatic rings. The smallest absolute Gasteiger partial charge is 0.273 e. The number of aromatic nitrogens is 1. The molecule has 0 saturated heterocycles. The van der Waals surface area contributed by atoms with Crippen LogP contribution in [0.25, 0.3) is 0 Å². The minimum atomic E-state index is -3.89. The molecule has 0 spiro atoms. The Bertz CT molecular complexity index is 688. The molecule has 9 heteroatoms. The van der Waals surface area contributed by atoms with Gasteiger partial charge in [0.1, 0.15) is 5.82 Å². The summed E-state index contributed by atoms with van der Waals surface area (Å²) in [6, 6.07) is 3.62. The minimum Gasteiger partial charge on any atom is -0.276 e. The molecule has 0 aliphatic carbocycles. The molecule has 1 heterocycles. The summed E-state index contributed by atoms with van der Waals surface area (Å²) in [5.74, 6) is -0.762. The molecule has 0 bridgehead atoms. The van der Waals surface area contributed by atoms with Crippen LogP contribution < -0.4 is 4.72 Å². The summed E-state index contributed by atoms with van der Waals surface area (Å²) >= 11 is 11.9. The van der Waals surface area contributed by atoms with Gasteiger partial charge in [-0.2, -0.15) is 0 Å². The van der Waals surface area contributed by atoms with E-state index in [1.54, 1.807) is 0 Å². The predicted molar refractivity (Wildman–Crippen MR) is 69.3 cm³/mol. The molecular formula is C9H5Cl2FN2O2S2. The maximum atomic E-state index is 13.5. The molecule has 96 valence electrons. The summed E-state index contributed by atoms with van der Waals surface area (Å²) in [7, 11) is -3.89. The van der Waals surface area contributed by atoms with Crippen molar-refractivity contribution in [3.8, 4) is 0 Å². The van der Waals surface area contributed by atoms with Gasteiger partial charge in [0.05, 0.1) is 11.9 Å². The van der Waals surface area contributed by atoms with E-state index >= 15 is 0 Å². The van der Waals surface area contributed by atoms with E-state index in [1.807, 2.05) is 0 Å². The van der Waals surface area contributed by atoms with E-state index in [-0.39, 0.29) is 19.4 Å². The average Bonchev–Trinajstić information content (AvgIpc) is 2.70. The van der Waals surface area contributed by atoms with Crippen molar-refractivity contribution in [3.05, 3.63) is 39.7 Å². The number of thiazole rings is 1. The fourth-order valence-electron chi connectivity index (χ4n) is 1.13. The second kappa shape index (κ2) is 5.00. The molecule has 0 fully saturated rings. The number of benzene rings is 1. The minimum absolute atomic E-state index is 0.0898. The maximum Gasteiger partial charge on any atom is 0.273 e. The number of hydrogen-bond acceptors (Lipinski definition) is 4. The first kappa shape index (κ1) is 13.5. The summed E-state index contributed by atoms with van der Waals surface area (Å²) in [6.07, 6.45) is 1.10. The molecule has 18 heavy (non-hydrogen) atoms. The van der Waals surface area contributed by atoms with Crippen molar-refractivity contribution in [2.75, 3.05) is 4.72 Å². The second-order valence-corrected chi connectivity index (χ2v) is 7.12. The number of hydrogen-bond donors (Lipinski definition) is 1. The van der Waals surface area contributed by atoms with E-state index in [4.69, 9.17) is 23.2 Å². The lowest BCUT2D eigenvalue weighted by atomic mass is 10.3. The molecule has 2 aromatic rings. The van der Waals surface area contributed by atoms with Crippen LogP contribution in [0.3, 0.4) is 0 Å². The Kier molecular flexibility index (Phi) is 3.76. The summed E-state index contributed by atoms with van der Waals surface area (Å²) in [6.45, 7) is 0. The van der Waals surface area contributed by atoms with E-state index in [1.165, 1.54) is 12.1 Å². The van der Waals surface area contributed by atoms with Crippen molar-refractivity contribution < 1.29 is 12.8 Å². The largest absolute Gasteiger partial charge is 0.276 e. The Morgan fingerprint density at radius 1 is 1.33 bits per heavy atom. The van der Waals surface area contributed by atoms with E-state index < -0.39 is 15.8 Å². The number of nitrogens with zero attached hydrogens (tertiary/aromatic N) is 1. The van der Waals surface area contributed by atoms with Crippen LogP contribution in [0.4, 0.5) is 10.1 Å². The van der Waals surface area contributed by atoms with E-state index in [0.717, 1.165) is 23.6 Å². The van der Waals surface area contributed by atoms with Crippen molar-refractivity contribution in [1.29, 1.82) is 0 Å². The van der Waals surface area contributed by atoms with E-state index in [9.17, 15) is 12.8 Å². The van der Waals surface area contributed by atoms with Gasteiger partial charge in [-0.3, -0.25) is 4.72 Å². The Balaban J connectivity index is 2.33. The Morgan fingerprint density at radius 2 is 2.06 bits per heavy atom. The van der Waals surface area contributed by atoms with Gasteiger partial charge in [0.2, 0.25) is 0 Å². The van der Waals surface area contributed by atoms with Gasteiger partial charge in [-0.05, 0) is 18.2 Å². The van der Waals surface area contributed by atoms with Crippen LogP contribution >= 0.6 is 34.5 Å². The molecule has 0 unspecified atom stereocenters. The van der Waals surface area contributed by atoms with Crippen LogP contribution in [-0.4, -0.2) is 13.4 Å². The van der Waals surface area contributed by atoms with Crippen LogP contribution in [0.2, 0.25) is 9.49 Å². The van der Waals surface area contributed by atoms with Crippen LogP contribution in [0.5, 0.6) is 0 Å².